The zero-order chi connectivity index (χ0) is 9.84. The fourth-order valence-corrected chi connectivity index (χ4v) is 1.17. The van der Waals surface area contributed by atoms with Gasteiger partial charge in [0.15, 0.2) is 0 Å². The van der Waals surface area contributed by atoms with Gasteiger partial charge in [-0.25, -0.2) is 8.78 Å². The summed E-state index contributed by atoms with van der Waals surface area (Å²) in [6, 6.07) is 6.36. The van der Waals surface area contributed by atoms with Gasteiger partial charge in [0.25, 0.3) is 6.43 Å². The van der Waals surface area contributed by atoms with Crippen LogP contribution in [0.4, 0.5) is 8.78 Å². The average molecular weight is 185 g/mol. The smallest absolute Gasteiger partial charge is 0.263 e. The van der Waals surface area contributed by atoms with Crippen LogP contribution in [0.5, 0.6) is 0 Å². The van der Waals surface area contributed by atoms with Crippen molar-refractivity contribution in [2.45, 2.75) is 25.8 Å². The van der Waals surface area contributed by atoms with E-state index in [1.165, 1.54) is 12.1 Å². The minimum Gasteiger partial charge on any atom is -0.328 e. The van der Waals surface area contributed by atoms with E-state index in [0.29, 0.717) is 0 Å². The molecule has 0 bridgehead atoms. The van der Waals surface area contributed by atoms with Crippen LogP contribution in [0, 0.1) is 0 Å². The van der Waals surface area contributed by atoms with Crippen LogP contribution in [-0.4, -0.2) is 6.04 Å². The summed E-state index contributed by atoms with van der Waals surface area (Å²) in [4.78, 5) is 0. The number of benzene rings is 1. The van der Waals surface area contributed by atoms with Gasteiger partial charge in [-0.3, -0.25) is 0 Å². The Morgan fingerprint density at radius 3 is 2.15 bits per heavy atom. The summed E-state index contributed by atoms with van der Waals surface area (Å²) < 4.78 is 24.3. The number of halogens is 2. The van der Waals surface area contributed by atoms with Gasteiger partial charge >= 0.3 is 0 Å². The van der Waals surface area contributed by atoms with Gasteiger partial charge in [0, 0.05) is 11.6 Å². The first kappa shape index (κ1) is 10.1. The third-order valence-electron chi connectivity index (χ3n) is 1.79. The molecule has 1 rings (SSSR count). The molecule has 13 heavy (non-hydrogen) atoms. The normalized spacial score (nSPS) is 13.3. The van der Waals surface area contributed by atoms with E-state index in [1.54, 1.807) is 12.1 Å². The predicted octanol–water partition coefficient (Wildman–Crippen LogP) is 2.51. The number of hydrogen-bond donors (Lipinski definition) is 1. The Morgan fingerprint density at radius 1 is 1.23 bits per heavy atom. The van der Waals surface area contributed by atoms with E-state index in [0.717, 1.165) is 12.0 Å². The second kappa shape index (κ2) is 4.33. The third kappa shape index (κ3) is 3.11. The van der Waals surface area contributed by atoms with Gasteiger partial charge in [0.05, 0.1) is 0 Å². The van der Waals surface area contributed by atoms with Gasteiger partial charge in [-0.2, -0.15) is 0 Å². The van der Waals surface area contributed by atoms with Gasteiger partial charge in [-0.15, -0.1) is 0 Å². The Kier molecular flexibility index (Phi) is 3.37. The lowest BCUT2D eigenvalue weighted by molar-refractivity contribution is 0.151. The molecule has 1 unspecified atom stereocenters. The molecule has 3 heteroatoms. The highest BCUT2D eigenvalue weighted by Gasteiger charge is 2.05. The Hall–Kier alpha value is -0.960. The Morgan fingerprint density at radius 2 is 1.77 bits per heavy atom. The molecule has 1 aromatic rings. The summed E-state index contributed by atoms with van der Waals surface area (Å²) in [5, 5.41) is 0. The van der Waals surface area contributed by atoms with Gasteiger partial charge in [-0.05, 0) is 18.9 Å². The summed E-state index contributed by atoms with van der Waals surface area (Å²) in [7, 11) is 0. The molecule has 0 saturated heterocycles. The monoisotopic (exact) mass is 185 g/mol. The van der Waals surface area contributed by atoms with E-state index < -0.39 is 6.43 Å². The molecule has 0 aliphatic heterocycles. The highest BCUT2D eigenvalue weighted by molar-refractivity contribution is 5.23. The number of hydrogen-bond acceptors (Lipinski definition) is 1. The molecule has 1 nitrogen and oxygen atoms in total. The first-order chi connectivity index (χ1) is 6.09. The van der Waals surface area contributed by atoms with Crippen molar-refractivity contribution in [2.75, 3.05) is 0 Å². The molecule has 0 amide bonds. The number of rotatable bonds is 3. The minimum absolute atomic E-state index is 0.0634. The quantitative estimate of drug-likeness (QED) is 0.769. The summed E-state index contributed by atoms with van der Waals surface area (Å²) >= 11 is 0. The van der Waals surface area contributed by atoms with Crippen molar-refractivity contribution in [3.8, 4) is 0 Å². The van der Waals surface area contributed by atoms with E-state index in [1.807, 2.05) is 6.92 Å². The molecule has 1 aromatic carbocycles. The van der Waals surface area contributed by atoms with Gasteiger partial charge in [0.2, 0.25) is 0 Å². The van der Waals surface area contributed by atoms with Crippen molar-refractivity contribution < 1.29 is 8.78 Å². The van der Waals surface area contributed by atoms with Gasteiger partial charge in [0.1, 0.15) is 0 Å². The molecule has 0 radical (unpaired) electrons. The average Bonchev–Trinajstić information content (AvgIpc) is 2.04. The standard InChI is InChI=1S/C10H13F2N/c1-7(13)6-8-2-4-9(5-3-8)10(11)12/h2-5,7,10H,6,13H2,1H3. The first-order valence-corrected chi connectivity index (χ1v) is 4.22. The third-order valence-corrected chi connectivity index (χ3v) is 1.79. The second-order valence-electron chi connectivity index (χ2n) is 3.22. The van der Waals surface area contributed by atoms with Crippen LogP contribution in [-0.2, 0) is 6.42 Å². The lowest BCUT2D eigenvalue weighted by Crippen LogP contribution is -2.17. The fourth-order valence-electron chi connectivity index (χ4n) is 1.17. The lowest BCUT2D eigenvalue weighted by Gasteiger charge is -2.05. The minimum atomic E-state index is -2.38. The zero-order valence-electron chi connectivity index (χ0n) is 7.50. The molecular formula is C10H13F2N. The molecule has 0 aliphatic carbocycles. The molecular weight excluding hydrogens is 172 g/mol. The van der Waals surface area contributed by atoms with E-state index in [-0.39, 0.29) is 11.6 Å². The summed E-state index contributed by atoms with van der Waals surface area (Å²) in [5.41, 5.74) is 6.64. The molecule has 72 valence electrons. The molecule has 0 spiro atoms. The van der Waals surface area contributed by atoms with Crippen LogP contribution in [0.2, 0.25) is 0 Å². The van der Waals surface area contributed by atoms with Crippen molar-refractivity contribution in [1.29, 1.82) is 0 Å². The maximum Gasteiger partial charge on any atom is 0.263 e. The Bertz CT molecular complexity index is 254. The van der Waals surface area contributed by atoms with Crippen LogP contribution in [0.25, 0.3) is 0 Å². The molecule has 0 aliphatic rings. The lowest BCUT2D eigenvalue weighted by atomic mass is 10.1. The molecule has 0 aromatic heterocycles. The highest BCUT2D eigenvalue weighted by Crippen LogP contribution is 2.18. The maximum absolute atomic E-state index is 12.1. The maximum atomic E-state index is 12.1. The van der Waals surface area contributed by atoms with Crippen LogP contribution >= 0.6 is 0 Å². The number of nitrogens with two attached hydrogens (primary N) is 1. The van der Waals surface area contributed by atoms with Crippen LogP contribution in [0.3, 0.4) is 0 Å². The largest absolute Gasteiger partial charge is 0.328 e. The van der Waals surface area contributed by atoms with Crippen molar-refractivity contribution in [2.24, 2.45) is 5.73 Å². The molecule has 0 fully saturated rings. The summed E-state index contributed by atoms with van der Waals surface area (Å²) in [5.74, 6) is 0. The van der Waals surface area contributed by atoms with E-state index in [4.69, 9.17) is 5.73 Å². The SMILES string of the molecule is CC(N)Cc1ccc(C(F)F)cc1. The van der Waals surface area contributed by atoms with E-state index in [9.17, 15) is 8.78 Å². The highest BCUT2D eigenvalue weighted by atomic mass is 19.3. The van der Waals surface area contributed by atoms with Gasteiger partial charge in [-0.1, -0.05) is 24.3 Å². The second-order valence-corrected chi connectivity index (χ2v) is 3.22. The van der Waals surface area contributed by atoms with Crippen LogP contribution in [0.15, 0.2) is 24.3 Å². The van der Waals surface area contributed by atoms with Crippen molar-refractivity contribution >= 4 is 0 Å². The molecule has 2 N–H and O–H groups in total. The van der Waals surface area contributed by atoms with Crippen molar-refractivity contribution in [3.63, 3.8) is 0 Å². The van der Waals surface area contributed by atoms with E-state index in [2.05, 4.69) is 0 Å². The number of alkyl halides is 2. The first-order valence-electron chi connectivity index (χ1n) is 4.22. The fraction of sp³-hybridized carbons (Fsp3) is 0.400. The molecule has 1 atom stereocenters. The van der Waals surface area contributed by atoms with Crippen LogP contribution in [0.1, 0.15) is 24.5 Å². The van der Waals surface area contributed by atoms with Crippen molar-refractivity contribution in [3.05, 3.63) is 35.4 Å². The summed E-state index contributed by atoms with van der Waals surface area (Å²) in [6.45, 7) is 1.89. The van der Waals surface area contributed by atoms with E-state index >= 15 is 0 Å². The molecule has 0 heterocycles. The summed E-state index contributed by atoms with van der Waals surface area (Å²) in [6.07, 6.45) is -1.66. The molecule has 0 saturated carbocycles. The van der Waals surface area contributed by atoms with Gasteiger partial charge < -0.3 is 5.73 Å². The zero-order valence-corrected chi connectivity index (χ0v) is 7.50. The predicted molar refractivity (Wildman–Crippen MR) is 48.8 cm³/mol. The Balaban J connectivity index is 2.70. The topological polar surface area (TPSA) is 26.0 Å². The van der Waals surface area contributed by atoms with Crippen molar-refractivity contribution in [1.82, 2.24) is 0 Å². The van der Waals surface area contributed by atoms with Crippen LogP contribution < -0.4 is 5.73 Å². The Labute approximate surface area is 76.6 Å².